The van der Waals surface area contributed by atoms with Gasteiger partial charge in [-0.15, -0.1) is 0 Å². The quantitative estimate of drug-likeness (QED) is 0.737. The Morgan fingerprint density at radius 1 is 1.27 bits per heavy atom. The summed E-state index contributed by atoms with van der Waals surface area (Å²) >= 11 is 0. The van der Waals surface area contributed by atoms with Crippen LogP contribution in [0.25, 0.3) is 5.69 Å². The van der Waals surface area contributed by atoms with Crippen LogP contribution < -0.4 is 9.47 Å². The van der Waals surface area contributed by atoms with Crippen LogP contribution in [0.3, 0.4) is 0 Å². The lowest BCUT2D eigenvalue weighted by molar-refractivity contribution is -0.137. The van der Waals surface area contributed by atoms with E-state index in [2.05, 4.69) is 5.10 Å². The number of rotatable bonds is 6. The zero-order valence-corrected chi connectivity index (χ0v) is 14.0. The summed E-state index contributed by atoms with van der Waals surface area (Å²) in [7, 11) is 0. The van der Waals surface area contributed by atoms with E-state index in [9.17, 15) is 4.79 Å². The van der Waals surface area contributed by atoms with Gasteiger partial charge >= 0.3 is 5.97 Å². The molecule has 0 radical (unpaired) electrons. The summed E-state index contributed by atoms with van der Waals surface area (Å²) < 4.78 is 13.3. The third-order valence-electron chi connectivity index (χ3n) is 4.40. The fraction of sp³-hybridized carbons (Fsp3) is 0.200. The average Bonchev–Trinajstić information content (AvgIpc) is 3.30. The number of hydrogen-bond acceptors (Lipinski definition) is 4. The first-order chi connectivity index (χ1) is 12.7. The van der Waals surface area contributed by atoms with Gasteiger partial charge in [-0.25, -0.2) is 4.68 Å². The molecule has 1 N–H and O–H groups in total. The van der Waals surface area contributed by atoms with E-state index in [-0.39, 0.29) is 12.3 Å². The topological polar surface area (TPSA) is 73.6 Å². The minimum atomic E-state index is -0.815. The fourth-order valence-electron chi connectivity index (χ4n) is 3.06. The summed E-state index contributed by atoms with van der Waals surface area (Å²) in [5.41, 5.74) is 2.98. The van der Waals surface area contributed by atoms with E-state index in [1.54, 1.807) is 10.9 Å². The molecule has 6 nitrogen and oxygen atoms in total. The number of ether oxygens (including phenoxy) is 2. The van der Waals surface area contributed by atoms with Gasteiger partial charge in [-0.2, -0.15) is 5.10 Å². The predicted octanol–water partition coefficient (Wildman–Crippen LogP) is 3.40. The zero-order chi connectivity index (χ0) is 17.9. The summed E-state index contributed by atoms with van der Waals surface area (Å²) in [6, 6.07) is 15.5. The van der Waals surface area contributed by atoms with Gasteiger partial charge in [-0.3, -0.25) is 4.79 Å². The predicted molar refractivity (Wildman–Crippen MR) is 94.8 cm³/mol. The first-order valence-corrected chi connectivity index (χ1v) is 8.39. The van der Waals surface area contributed by atoms with Crippen molar-refractivity contribution in [2.45, 2.75) is 18.9 Å². The Morgan fingerprint density at radius 2 is 2.12 bits per heavy atom. The lowest BCUT2D eigenvalue weighted by atomic mass is 9.98. The molecule has 0 saturated carbocycles. The van der Waals surface area contributed by atoms with Crippen molar-refractivity contribution in [3.8, 4) is 17.2 Å². The third-order valence-corrected chi connectivity index (χ3v) is 4.40. The fourth-order valence-corrected chi connectivity index (χ4v) is 3.06. The lowest BCUT2D eigenvalue weighted by Crippen LogP contribution is -2.07. The number of nitrogens with zero attached hydrogens (tertiary/aromatic N) is 2. The van der Waals surface area contributed by atoms with Crippen molar-refractivity contribution in [2.24, 2.45) is 0 Å². The number of aliphatic carboxylic acids is 1. The van der Waals surface area contributed by atoms with Crippen molar-refractivity contribution < 1.29 is 19.4 Å². The summed E-state index contributed by atoms with van der Waals surface area (Å²) in [6.45, 7) is 0.844. The molecule has 3 aromatic rings. The molecule has 1 aliphatic heterocycles. The smallest absolute Gasteiger partial charge is 0.304 e. The number of carbonyl (C=O) groups is 1. The molecule has 132 valence electrons. The zero-order valence-electron chi connectivity index (χ0n) is 14.0. The number of benzene rings is 2. The molecule has 0 aliphatic carbocycles. The van der Waals surface area contributed by atoms with E-state index < -0.39 is 5.97 Å². The Hall–Kier alpha value is -3.28. The molecule has 26 heavy (non-hydrogen) atoms. The average molecular weight is 350 g/mol. The van der Waals surface area contributed by atoms with Crippen molar-refractivity contribution in [3.05, 3.63) is 72.1 Å². The molecule has 0 fully saturated rings. The molecule has 1 atom stereocenters. The molecule has 1 aliphatic rings. The van der Waals surface area contributed by atoms with Crippen molar-refractivity contribution in [1.29, 1.82) is 0 Å². The maximum absolute atomic E-state index is 10.9. The number of carboxylic acid groups (broad SMARTS) is 1. The van der Waals surface area contributed by atoms with E-state index in [4.69, 9.17) is 14.6 Å². The number of carboxylic acids is 1. The van der Waals surface area contributed by atoms with Gasteiger partial charge in [0.2, 0.25) is 0 Å². The summed E-state index contributed by atoms with van der Waals surface area (Å²) in [4.78, 5) is 10.9. The van der Waals surface area contributed by atoms with Gasteiger partial charge in [0.15, 0.2) is 0 Å². The van der Waals surface area contributed by atoms with Crippen molar-refractivity contribution >= 4 is 5.97 Å². The van der Waals surface area contributed by atoms with Crippen molar-refractivity contribution in [2.75, 3.05) is 6.61 Å². The van der Waals surface area contributed by atoms with E-state index in [1.807, 2.05) is 54.7 Å². The molecule has 2 heterocycles. The van der Waals surface area contributed by atoms with E-state index >= 15 is 0 Å². The molecule has 2 aromatic carbocycles. The Kier molecular flexibility index (Phi) is 4.31. The highest BCUT2D eigenvalue weighted by molar-refractivity contribution is 5.68. The second-order valence-corrected chi connectivity index (χ2v) is 6.21. The minimum Gasteiger partial charge on any atom is -0.492 e. The largest absolute Gasteiger partial charge is 0.492 e. The molecule has 0 saturated heterocycles. The molecule has 1 aromatic heterocycles. The Morgan fingerprint density at radius 3 is 2.85 bits per heavy atom. The number of hydrogen-bond donors (Lipinski definition) is 1. The van der Waals surface area contributed by atoms with Crippen LogP contribution in [0, 0.1) is 0 Å². The monoisotopic (exact) mass is 350 g/mol. The van der Waals surface area contributed by atoms with Gasteiger partial charge in [0.05, 0.1) is 18.7 Å². The Balaban J connectivity index is 1.40. The van der Waals surface area contributed by atoms with Crippen molar-refractivity contribution in [1.82, 2.24) is 9.78 Å². The van der Waals surface area contributed by atoms with E-state index in [0.717, 1.165) is 16.8 Å². The van der Waals surface area contributed by atoms with Gasteiger partial charge in [0.1, 0.15) is 18.1 Å². The van der Waals surface area contributed by atoms with Crippen LogP contribution in [-0.2, 0) is 11.4 Å². The van der Waals surface area contributed by atoms with E-state index in [1.165, 1.54) is 0 Å². The Bertz CT molecular complexity index is 904. The van der Waals surface area contributed by atoms with Crippen LogP contribution >= 0.6 is 0 Å². The molecule has 4 rings (SSSR count). The van der Waals surface area contributed by atoms with Crippen LogP contribution in [0.4, 0.5) is 0 Å². The first-order valence-electron chi connectivity index (χ1n) is 8.39. The molecule has 0 spiro atoms. The molecule has 6 heteroatoms. The SMILES string of the molecule is O=C(O)CC1COc2cc(OCc3ccc(-n4cccn4)cc3)ccc21. The maximum atomic E-state index is 10.9. The van der Waals surface area contributed by atoms with Crippen LogP contribution in [-0.4, -0.2) is 27.5 Å². The van der Waals surface area contributed by atoms with Gasteiger partial charge in [0, 0.05) is 29.9 Å². The summed E-state index contributed by atoms with van der Waals surface area (Å²) in [5, 5.41) is 13.2. The van der Waals surface area contributed by atoms with Gasteiger partial charge in [-0.1, -0.05) is 18.2 Å². The van der Waals surface area contributed by atoms with E-state index in [0.29, 0.717) is 24.7 Å². The first kappa shape index (κ1) is 16.2. The third kappa shape index (κ3) is 3.39. The van der Waals surface area contributed by atoms with Crippen LogP contribution in [0.5, 0.6) is 11.5 Å². The maximum Gasteiger partial charge on any atom is 0.304 e. The van der Waals surface area contributed by atoms with Crippen LogP contribution in [0.2, 0.25) is 0 Å². The highest BCUT2D eigenvalue weighted by atomic mass is 16.5. The molecular formula is C20H18N2O4. The standard InChI is InChI=1S/C20H18N2O4/c23-20(24)10-15-13-26-19-11-17(6-7-18(15)19)25-12-14-2-4-16(5-3-14)22-9-1-8-21-22/h1-9,11,15H,10,12-13H2,(H,23,24). The highest BCUT2D eigenvalue weighted by Gasteiger charge is 2.26. The second-order valence-electron chi connectivity index (χ2n) is 6.21. The molecular weight excluding hydrogens is 332 g/mol. The van der Waals surface area contributed by atoms with Crippen LogP contribution in [0.15, 0.2) is 60.9 Å². The lowest BCUT2D eigenvalue weighted by Gasteiger charge is -2.09. The number of aromatic nitrogens is 2. The Labute approximate surface area is 150 Å². The second kappa shape index (κ2) is 6.92. The van der Waals surface area contributed by atoms with Crippen molar-refractivity contribution in [3.63, 3.8) is 0 Å². The van der Waals surface area contributed by atoms with Gasteiger partial charge in [-0.05, 0) is 29.8 Å². The molecule has 0 bridgehead atoms. The number of fused-ring (bicyclic) bond motifs is 1. The molecule has 0 amide bonds. The molecule has 1 unspecified atom stereocenters. The normalized spacial score (nSPS) is 15.3. The van der Waals surface area contributed by atoms with Crippen LogP contribution in [0.1, 0.15) is 23.5 Å². The van der Waals surface area contributed by atoms with Gasteiger partial charge < -0.3 is 14.6 Å². The summed E-state index contributed by atoms with van der Waals surface area (Å²) in [6.07, 6.45) is 3.72. The van der Waals surface area contributed by atoms with Gasteiger partial charge in [0.25, 0.3) is 0 Å². The highest BCUT2D eigenvalue weighted by Crippen LogP contribution is 2.38. The summed E-state index contributed by atoms with van der Waals surface area (Å²) in [5.74, 6) is 0.510. The minimum absolute atomic E-state index is 0.0792.